The van der Waals surface area contributed by atoms with Gasteiger partial charge in [0, 0.05) is 17.3 Å². The minimum absolute atomic E-state index is 0.253. The van der Waals surface area contributed by atoms with Gasteiger partial charge in [0.25, 0.3) is 5.56 Å². The van der Waals surface area contributed by atoms with Gasteiger partial charge in [-0.15, -0.1) is 0 Å². The molecule has 154 valence electrons. The summed E-state index contributed by atoms with van der Waals surface area (Å²) < 4.78 is 4.94. The number of thioether (sulfide) groups is 1. The number of aromatic nitrogens is 2. The summed E-state index contributed by atoms with van der Waals surface area (Å²) in [6.45, 7) is 3.76. The van der Waals surface area contributed by atoms with Gasteiger partial charge < -0.3 is 15.0 Å². The fraction of sp³-hybridized carbons (Fsp3) is 0.182. The van der Waals surface area contributed by atoms with Gasteiger partial charge in [0.1, 0.15) is 0 Å². The Kier molecular flexibility index (Phi) is 7.03. The smallest absolute Gasteiger partial charge is 0.338 e. The molecule has 30 heavy (non-hydrogen) atoms. The quantitative estimate of drug-likeness (QED) is 0.341. The van der Waals surface area contributed by atoms with E-state index >= 15 is 0 Å². The molecule has 0 saturated carbocycles. The zero-order valence-corrected chi connectivity index (χ0v) is 17.4. The Morgan fingerprint density at radius 1 is 1.13 bits per heavy atom. The molecule has 0 aliphatic heterocycles. The summed E-state index contributed by atoms with van der Waals surface area (Å²) in [5.74, 6) is -0.663. The summed E-state index contributed by atoms with van der Waals surface area (Å²) in [4.78, 5) is 43.4. The van der Waals surface area contributed by atoms with Crippen molar-refractivity contribution in [3.05, 3.63) is 76.6 Å². The summed E-state index contributed by atoms with van der Waals surface area (Å²) in [6, 6.07) is 17.2. The van der Waals surface area contributed by atoms with Gasteiger partial charge in [-0.05, 0) is 38.1 Å². The van der Waals surface area contributed by atoms with Crippen molar-refractivity contribution >= 4 is 29.3 Å². The van der Waals surface area contributed by atoms with E-state index < -0.39 is 11.2 Å². The summed E-state index contributed by atoms with van der Waals surface area (Å²) in [5, 5.41) is 2.64. The zero-order valence-electron chi connectivity index (χ0n) is 16.5. The first kappa shape index (κ1) is 21.3. The van der Waals surface area contributed by atoms with Crippen LogP contribution in [0.3, 0.4) is 0 Å². The molecule has 0 radical (unpaired) electrons. The number of rotatable bonds is 7. The molecule has 2 N–H and O–H groups in total. The van der Waals surface area contributed by atoms with E-state index in [1.54, 1.807) is 38.1 Å². The third-order valence-electron chi connectivity index (χ3n) is 4.11. The van der Waals surface area contributed by atoms with Crippen LogP contribution in [0.15, 0.2) is 70.6 Å². The molecule has 3 aromatic rings. The molecule has 1 atom stereocenters. The second-order valence-corrected chi connectivity index (χ2v) is 7.68. The molecule has 1 unspecified atom stereocenters. The van der Waals surface area contributed by atoms with Gasteiger partial charge in [-0.1, -0.05) is 42.1 Å². The molecule has 0 aliphatic rings. The van der Waals surface area contributed by atoms with Gasteiger partial charge in [0.05, 0.1) is 23.1 Å². The van der Waals surface area contributed by atoms with Crippen molar-refractivity contribution < 1.29 is 14.3 Å². The molecule has 1 aromatic heterocycles. The highest BCUT2D eigenvalue weighted by atomic mass is 32.2. The molecule has 0 spiro atoms. The second-order valence-electron chi connectivity index (χ2n) is 6.35. The number of nitrogens with one attached hydrogen (secondary N) is 2. The monoisotopic (exact) mass is 423 g/mol. The van der Waals surface area contributed by atoms with Crippen LogP contribution < -0.4 is 10.9 Å². The number of anilines is 1. The second kappa shape index (κ2) is 9.89. The molecule has 8 heteroatoms. The minimum Gasteiger partial charge on any atom is -0.462 e. The lowest BCUT2D eigenvalue weighted by atomic mass is 10.1. The van der Waals surface area contributed by atoms with Crippen molar-refractivity contribution in [2.45, 2.75) is 24.3 Å². The van der Waals surface area contributed by atoms with E-state index in [1.807, 2.05) is 30.3 Å². The van der Waals surface area contributed by atoms with Crippen LogP contribution in [0.1, 0.15) is 24.2 Å². The largest absolute Gasteiger partial charge is 0.462 e. The number of ether oxygens (including phenoxy) is 1. The van der Waals surface area contributed by atoms with Gasteiger partial charge in [-0.25, -0.2) is 9.78 Å². The van der Waals surface area contributed by atoms with Crippen LogP contribution in [0, 0.1) is 0 Å². The first-order valence-electron chi connectivity index (χ1n) is 9.37. The minimum atomic E-state index is -0.510. The van der Waals surface area contributed by atoms with Crippen molar-refractivity contribution in [2.24, 2.45) is 0 Å². The van der Waals surface area contributed by atoms with E-state index in [9.17, 15) is 14.4 Å². The maximum atomic E-state index is 12.5. The lowest BCUT2D eigenvalue weighted by Gasteiger charge is -2.12. The van der Waals surface area contributed by atoms with Crippen molar-refractivity contribution in [1.29, 1.82) is 0 Å². The molecule has 0 saturated heterocycles. The van der Waals surface area contributed by atoms with Crippen LogP contribution in [0.4, 0.5) is 5.69 Å². The molecular weight excluding hydrogens is 402 g/mol. The van der Waals surface area contributed by atoms with Crippen molar-refractivity contribution in [3.8, 4) is 11.3 Å². The number of carbonyl (C=O) groups is 2. The number of H-pyrrole nitrogens is 1. The number of esters is 1. The van der Waals surface area contributed by atoms with E-state index in [0.29, 0.717) is 28.7 Å². The number of aromatic amines is 1. The van der Waals surface area contributed by atoms with Gasteiger partial charge in [-0.2, -0.15) is 0 Å². The van der Waals surface area contributed by atoms with Crippen LogP contribution >= 0.6 is 11.8 Å². The van der Waals surface area contributed by atoms with Gasteiger partial charge in [0.2, 0.25) is 5.91 Å². The summed E-state index contributed by atoms with van der Waals surface area (Å²) in [7, 11) is 0. The van der Waals surface area contributed by atoms with Gasteiger partial charge >= 0.3 is 5.97 Å². The third-order valence-corrected chi connectivity index (χ3v) is 5.09. The molecule has 2 aromatic carbocycles. The van der Waals surface area contributed by atoms with Crippen molar-refractivity contribution in [2.75, 3.05) is 11.9 Å². The summed E-state index contributed by atoms with van der Waals surface area (Å²) >= 11 is 1.16. The summed E-state index contributed by atoms with van der Waals surface area (Å²) in [6.07, 6.45) is 0. The van der Waals surface area contributed by atoms with Gasteiger partial charge in [0.15, 0.2) is 5.16 Å². The Bertz CT molecular complexity index is 1080. The average molecular weight is 423 g/mol. The van der Waals surface area contributed by atoms with Crippen LogP contribution in [0.2, 0.25) is 0 Å². The number of hydrogen-bond acceptors (Lipinski definition) is 6. The predicted octanol–water partition coefficient (Wildman–Crippen LogP) is 3.73. The number of carbonyl (C=O) groups excluding carboxylic acids is 2. The number of benzene rings is 2. The Balaban J connectivity index is 1.66. The van der Waals surface area contributed by atoms with E-state index in [-0.39, 0.29) is 11.5 Å². The Labute approximate surface area is 177 Å². The van der Waals surface area contributed by atoms with Crippen LogP contribution in [-0.2, 0) is 9.53 Å². The maximum Gasteiger partial charge on any atom is 0.338 e. The van der Waals surface area contributed by atoms with Crippen LogP contribution in [0.5, 0.6) is 0 Å². The SMILES string of the molecule is CCOC(=O)c1ccc(NC(=O)C(C)Sc2nc(-c3ccccc3)cc(=O)[nH]2)cc1. The van der Waals surface area contributed by atoms with Crippen LogP contribution in [-0.4, -0.2) is 33.7 Å². The molecule has 7 nitrogen and oxygen atoms in total. The van der Waals surface area contributed by atoms with E-state index in [1.165, 1.54) is 6.07 Å². The number of amides is 1. The highest BCUT2D eigenvalue weighted by Gasteiger charge is 2.17. The molecule has 0 fully saturated rings. The van der Waals surface area contributed by atoms with E-state index in [4.69, 9.17) is 4.74 Å². The summed E-state index contributed by atoms with van der Waals surface area (Å²) in [5.41, 5.74) is 2.05. The van der Waals surface area contributed by atoms with Crippen LogP contribution in [0.25, 0.3) is 11.3 Å². The topological polar surface area (TPSA) is 101 Å². The zero-order chi connectivity index (χ0) is 21.5. The third kappa shape index (κ3) is 5.57. The average Bonchev–Trinajstić information content (AvgIpc) is 2.74. The standard InChI is InChI=1S/C22H21N3O4S/c1-3-29-21(28)16-9-11-17(12-10-16)23-20(27)14(2)30-22-24-18(13-19(26)25-22)15-7-5-4-6-8-15/h4-14H,3H2,1-2H3,(H,23,27)(H,24,25,26). The molecule has 0 aliphatic carbocycles. The highest BCUT2D eigenvalue weighted by molar-refractivity contribution is 8.00. The first-order chi connectivity index (χ1) is 14.5. The molecule has 1 heterocycles. The molecule has 3 rings (SSSR count). The lowest BCUT2D eigenvalue weighted by Crippen LogP contribution is -2.23. The fourth-order valence-electron chi connectivity index (χ4n) is 2.62. The lowest BCUT2D eigenvalue weighted by molar-refractivity contribution is -0.115. The Morgan fingerprint density at radius 2 is 1.83 bits per heavy atom. The highest BCUT2D eigenvalue weighted by Crippen LogP contribution is 2.23. The maximum absolute atomic E-state index is 12.5. The number of hydrogen-bond donors (Lipinski definition) is 2. The van der Waals surface area contributed by atoms with Crippen molar-refractivity contribution in [3.63, 3.8) is 0 Å². The Morgan fingerprint density at radius 3 is 2.50 bits per heavy atom. The normalized spacial score (nSPS) is 11.5. The molecule has 1 amide bonds. The van der Waals surface area contributed by atoms with Gasteiger partial charge in [-0.3, -0.25) is 9.59 Å². The molecule has 0 bridgehead atoms. The van der Waals surface area contributed by atoms with E-state index in [0.717, 1.165) is 17.3 Å². The first-order valence-corrected chi connectivity index (χ1v) is 10.3. The number of nitrogens with zero attached hydrogens (tertiary/aromatic N) is 1. The van der Waals surface area contributed by atoms with Crippen molar-refractivity contribution in [1.82, 2.24) is 9.97 Å². The molecular formula is C22H21N3O4S. The fourth-order valence-corrected chi connectivity index (χ4v) is 3.43. The predicted molar refractivity (Wildman–Crippen MR) is 117 cm³/mol. The Hall–Kier alpha value is -3.39. The van der Waals surface area contributed by atoms with E-state index in [2.05, 4.69) is 15.3 Å².